The Bertz CT molecular complexity index is 297. The molecule has 1 aromatic rings. The van der Waals surface area contributed by atoms with Crippen LogP contribution in [0, 0.1) is 5.92 Å². The molecule has 2 heteroatoms. The number of nitrogens with zero attached hydrogens (tertiary/aromatic N) is 1. The first kappa shape index (κ1) is 11.6. The van der Waals surface area contributed by atoms with Crippen molar-refractivity contribution in [3.63, 3.8) is 0 Å². The average Bonchev–Trinajstić information content (AvgIpc) is 2.75. The lowest BCUT2D eigenvalue weighted by Gasteiger charge is -2.16. The van der Waals surface area contributed by atoms with E-state index in [1.165, 1.54) is 31.5 Å². The maximum absolute atomic E-state index is 3.24. The summed E-state index contributed by atoms with van der Waals surface area (Å²) < 4.78 is 0. The van der Waals surface area contributed by atoms with Crippen molar-refractivity contribution in [2.75, 3.05) is 26.7 Å². The third-order valence-corrected chi connectivity index (χ3v) is 3.42. The van der Waals surface area contributed by atoms with Crippen LogP contribution in [0.5, 0.6) is 0 Å². The van der Waals surface area contributed by atoms with E-state index in [9.17, 15) is 0 Å². The lowest BCUT2D eigenvalue weighted by Crippen LogP contribution is -2.21. The minimum absolute atomic E-state index is 0.899. The molecule has 1 heterocycles. The summed E-state index contributed by atoms with van der Waals surface area (Å²) in [6.07, 6.45) is 2.69. The van der Waals surface area contributed by atoms with Gasteiger partial charge >= 0.3 is 0 Å². The quantitative estimate of drug-likeness (QED) is 0.814. The molecular weight excluding hydrogens is 196 g/mol. The minimum atomic E-state index is 0.899. The number of hydrogen-bond acceptors (Lipinski definition) is 2. The monoisotopic (exact) mass is 218 g/mol. The van der Waals surface area contributed by atoms with Gasteiger partial charge in [-0.2, -0.15) is 0 Å². The molecule has 0 unspecified atom stereocenters. The van der Waals surface area contributed by atoms with Gasteiger partial charge in [-0.1, -0.05) is 30.3 Å². The second-order valence-electron chi connectivity index (χ2n) is 4.77. The molecule has 1 saturated heterocycles. The van der Waals surface area contributed by atoms with Gasteiger partial charge < -0.3 is 5.32 Å². The van der Waals surface area contributed by atoms with E-state index < -0.39 is 0 Å². The largest absolute Gasteiger partial charge is 0.320 e. The Balaban J connectivity index is 1.76. The van der Waals surface area contributed by atoms with E-state index in [0.717, 1.165) is 19.0 Å². The van der Waals surface area contributed by atoms with Gasteiger partial charge in [-0.25, -0.2) is 0 Å². The fraction of sp³-hybridized carbons (Fsp3) is 0.571. The summed E-state index contributed by atoms with van der Waals surface area (Å²) in [6, 6.07) is 10.8. The molecule has 1 aliphatic rings. The molecule has 1 atom stereocenters. The third-order valence-electron chi connectivity index (χ3n) is 3.42. The summed E-state index contributed by atoms with van der Waals surface area (Å²) >= 11 is 0. The SMILES string of the molecule is CNCC[C@@H]1CCN(Cc2ccccc2)C1. The number of benzene rings is 1. The summed E-state index contributed by atoms with van der Waals surface area (Å²) in [5, 5.41) is 3.24. The van der Waals surface area contributed by atoms with Crippen molar-refractivity contribution in [3.05, 3.63) is 35.9 Å². The zero-order chi connectivity index (χ0) is 11.2. The number of rotatable bonds is 5. The van der Waals surface area contributed by atoms with Crippen LogP contribution in [0.15, 0.2) is 30.3 Å². The van der Waals surface area contributed by atoms with Crippen LogP contribution < -0.4 is 5.32 Å². The lowest BCUT2D eigenvalue weighted by atomic mass is 10.1. The smallest absolute Gasteiger partial charge is 0.0233 e. The molecule has 0 amide bonds. The van der Waals surface area contributed by atoms with Crippen LogP contribution in [-0.4, -0.2) is 31.6 Å². The van der Waals surface area contributed by atoms with Crippen LogP contribution in [0.1, 0.15) is 18.4 Å². The third kappa shape index (κ3) is 3.32. The fourth-order valence-electron chi connectivity index (χ4n) is 2.48. The first-order valence-electron chi connectivity index (χ1n) is 6.29. The van der Waals surface area contributed by atoms with E-state index in [-0.39, 0.29) is 0 Å². The molecule has 2 nitrogen and oxygen atoms in total. The summed E-state index contributed by atoms with van der Waals surface area (Å²) in [7, 11) is 2.04. The van der Waals surface area contributed by atoms with Crippen LogP contribution in [0.3, 0.4) is 0 Å². The van der Waals surface area contributed by atoms with Crippen molar-refractivity contribution in [2.45, 2.75) is 19.4 Å². The van der Waals surface area contributed by atoms with Gasteiger partial charge in [0.15, 0.2) is 0 Å². The molecule has 16 heavy (non-hydrogen) atoms. The van der Waals surface area contributed by atoms with Crippen molar-refractivity contribution in [1.82, 2.24) is 10.2 Å². The van der Waals surface area contributed by atoms with E-state index in [1.807, 2.05) is 7.05 Å². The predicted molar refractivity (Wildman–Crippen MR) is 68.4 cm³/mol. The zero-order valence-electron chi connectivity index (χ0n) is 10.2. The highest BCUT2D eigenvalue weighted by Crippen LogP contribution is 2.20. The Hall–Kier alpha value is -0.860. The zero-order valence-corrected chi connectivity index (χ0v) is 10.2. The fourth-order valence-corrected chi connectivity index (χ4v) is 2.48. The van der Waals surface area contributed by atoms with E-state index in [0.29, 0.717) is 0 Å². The normalized spacial score (nSPS) is 21.4. The molecule has 0 spiro atoms. The lowest BCUT2D eigenvalue weighted by molar-refractivity contribution is 0.313. The van der Waals surface area contributed by atoms with Crippen molar-refractivity contribution in [2.24, 2.45) is 5.92 Å². The van der Waals surface area contributed by atoms with Crippen molar-refractivity contribution in [1.29, 1.82) is 0 Å². The van der Waals surface area contributed by atoms with Crippen LogP contribution in [0.25, 0.3) is 0 Å². The van der Waals surface area contributed by atoms with Crippen LogP contribution in [0.4, 0.5) is 0 Å². The predicted octanol–water partition coefficient (Wildman–Crippen LogP) is 2.12. The number of hydrogen-bond donors (Lipinski definition) is 1. The molecule has 1 aliphatic heterocycles. The van der Waals surface area contributed by atoms with Crippen LogP contribution in [0.2, 0.25) is 0 Å². The maximum atomic E-state index is 3.24. The molecule has 0 bridgehead atoms. The van der Waals surface area contributed by atoms with Gasteiger partial charge in [0.2, 0.25) is 0 Å². The summed E-state index contributed by atoms with van der Waals surface area (Å²) in [5.41, 5.74) is 1.44. The van der Waals surface area contributed by atoms with Gasteiger partial charge in [-0.15, -0.1) is 0 Å². The average molecular weight is 218 g/mol. The molecule has 88 valence electrons. The molecule has 0 radical (unpaired) electrons. The maximum Gasteiger partial charge on any atom is 0.0233 e. The highest BCUT2D eigenvalue weighted by molar-refractivity contribution is 5.14. The van der Waals surface area contributed by atoms with Crippen molar-refractivity contribution < 1.29 is 0 Å². The minimum Gasteiger partial charge on any atom is -0.320 e. The number of nitrogens with one attached hydrogen (secondary N) is 1. The molecule has 0 aliphatic carbocycles. The summed E-state index contributed by atoms with van der Waals surface area (Å²) in [6.45, 7) is 4.82. The molecule has 0 saturated carbocycles. The van der Waals surface area contributed by atoms with Gasteiger partial charge in [0.05, 0.1) is 0 Å². The Labute approximate surface area is 98.7 Å². The summed E-state index contributed by atoms with van der Waals surface area (Å²) in [4.78, 5) is 2.58. The van der Waals surface area contributed by atoms with E-state index in [1.54, 1.807) is 0 Å². The molecule has 1 N–H and O–H groups in total. The first-order chi connectivity index (χ1) is 7.88. The molecular formula is C14H22N2. The summed E-state index contributed by atoms with van der Waals surface area (Å²) in [5.74, 6) is 0.899. The van der Waals surface area contributed by atoms with Gasteiger partial charge in [0.1, 0.15) is 0 Å². The number of likely N-dealkylation sites (tertiary alicyclic amines) is 1. The first-order valence-corrected chi connectivity index (χ1v) is 6.29. The van der Waals surface area contributed by atoms with E-state index >= 15 is 0 Å². The molecule has 2 rings (SSSR count). The topological polar surface area (TPSA) is 15.3 Å². The Kier molecular flexibility index (Phi) is 4.37. The highest BCUT2D eigenvalue weighted by atomic mass is 15.1. The van der Waals surface area contributed by atoms with Crippen molar-refractivity contribution in [3.8, 4) is 0 Å². The Morgan fingerprint density at radius 3 is 2.88 bits per heavy atom. The van der Waals surface area contributed by atoms with E-state index in [4.69, 9.17) is 0 Å². The second-order valence-corrected chi connectivity index (χ2v) is 4.77. The van der Waals surface area contributed by atoms with Gasteiger partial charge in [0, 0.05) is 13.1 Å². The molecule has 1 fully saturated rings. The van der Waals surface area contributed by atoms with Crippen LogP contribution >= 0.6 is 0 Å². The van der Waals surface area contributed by atoms with Crippen LogP contribution in [-0.2, 0) is 6.54 Å². The Morgan fingerprint density at radius 2 is 2.12 bits per heavy atom. The van der Waals surface area contributed by atoms with E-state index in [2.05, 4.69) is 40.5 Å². The standard InChI is InChI=1S/C14H22N2/c1-15-9-7-14-8-10-16(12-14)11-13-5-3-2-4-6-13/h2-6,14-15H,7-12H2,1H3/t14-/m1/s1. The van der Waals surface area contributed by atoms with Gasteiger partial charge in [0.25, 0.3) is 0 Å². The Morgan fingerprint density at radius 1 is 1.31 bits per heavy atom. The second kappa shape index (κ2) is 6.02. The van der Waals surface area contributed by atoms with Gasteiger partial charge in [-0.3, -0.25) is 4.90 Å². The van der Waals surface area contributed by atoms with Crippen molar-refractivity contribution >= 4 is 0 Å². The highest BCUT2D eigenvalue weighted by Gasteiger charge is 2.21. The van der Waals surface area contributed by atoms with Gasteiger partial charge in [-0.05, 0) is 44.5 Å². The molecule has 0 aromatic heterocycles. The molecule has 1 aromatic carbocycles.